The predicted molar refractivity (Wildman–Crippen MR) is 102 cm³/mol. The summed E-state index contributed by atoms with van der Waals surface area (Å²) in [5.74, 6) is -3.06. The normalized spacial score (nSPS) is 12.5. The molecule has 0 aliphatic carbocycles. The molecule has 7 nitrogen and oxygen atoms in total. The molecule has 2 heterocycles. The lowest BCUT2D eigenvalue weighted by molar-refractivity contribution is -0.137. The second-order valence-corrected chi connectivity index (χ2v) is 6.74. The lowest BCUT2D eigenvalue weighted by Gasteiger charge is -2.28. The van der Waals surface area contributed by atoms with Crippen LogP contribution in [-0.4, -0.2) is 50.0 Å². The monoisotopic (exact) mass is 455 g/mol. The maximum Gasteiger partial charge on any atom is 0.417 e. The quantitative estimate of drug-likeness (QED) is 0.506. The molecule has 0 bridgehead atoms. The van der Waals surface area contributed by atoms with Gasteiger partial charge in [-0.15, -0.1) is 0 Å². The van der Waals surface area contributed by atoms with Gasteiger partial charge in [-0.25, -0.2) is 13.8 Å². The summed E-state index contributed by atoms with van der Waals surface area (Å²) in [5.41, 5.74) is -1.13. The van der Waals surface area contributed by atoms with Crippen LogP contribution in [0.15, 0.2) is 42.9 Å². The van der Waals surface area contributed by atoms with E-state index in [0.717, 1.165) is 29.1 Å². The molecule has 1 aromatic carbocycles. The molecular formula is C20H18F5N5O2. The number of alkyl halides is 3. The Morgan fingerprint density at radius 2 is 1.81 bits per heavy atom. The summed E-state index contributed by atoms with van der Waals surface area (Å²) in [4.78, 5) is 19.1. The van der Waals surface area contributed by atoms with Gasteiger partial charge in [0.05, 0.1) is 29.6 Å². The van der Waals surface area contributed by atoms with Gasteiger partial charge < -0.3 is 9.64 Å². The van der Waals surface area contributed by atoms with Crippen LogP contribution in [0.3, 0.4) is 0 Å². The molecule has 0 fully saturated rings. The molecule has 170 valence electrons. The van der Waals surface area contributed by atoms with Crippen molar-refractivity contribution in [1.82, 2.24) is 24.9 Å². The number of pyridine rings is 1. The molecule has 12 heteroatoms. The second kappa shape index (κ2) is 9.28. The van der Waals surface area contributed by atoms with Crippen LogP contribution in [-0.2, 0) is 6.18 Å². The van der Waals surface area contributed by atoms with Gasteiger partial charge in [0, 0.05) is 24.9 Å². The van der Waals surface area contributed by atoms with Crippen molar-refractivity contribution in [3.05, 3.63) is 65.6 Å². The second-order valence-electron chi connectivity index (χ2n) is 6.74. The van der Waals surface area contributed by atoms with Crippen molar-refractivity contribution < 1.29 is 31.5 Å². The van der Waals surface area contributed by atoms with E-state index in [2.05, 4.69) is 15.2 Å². The smallest absolute Gasteiger partial charge is 0.417 e. The van der Waals surface area contributed by atoms with E-state index in [-0.39, 0.29) is 30.3 Å². The summed E-state index contributed by atoms with van der Waals surface area (Å²) < 4.78 is 71.0. The van der Waals surface area contributed by atoms with Crippen molar-refractivity contribution in [2.75, 3.05) is 13.2 Å². The summed E-state index contributed by atoms with van der Waals surface area (Å²) in [6.45, 7) is 3.40. The molecule has 0 spiro atoms. The molecule has 2 aromatic heterocycles. The fourth-order valence-electron chi connectivity index (χ4n) is 2.95. The lowest BCUT2D eigenvalue weighted by atomic mass is 10.1. The highest BCUT2D eigenvalue weighted by molar-refractivity contribution is 5.98. The van der Waals surface area contributed by atoms with Crippen molar-refractivity contribution in [3.8, 4) is 11.6 Å². The van der Waals surface area contributed by atoms with E-state index in [9.17, 15) is 26.7 Å². The van der Waals surface area contributed by atoms with Crippen LogP contribution in [0.2, 0.25) is 0 Å². The third-order valence-corrected chi connectivity index (χ3v) is 4.57. The highest BCUT2D eigenvalue weighted by atomic mass is 19.4. The lowest BCUT2D eigenvalue weighted by Crippen LogP contribution is -2.42. The van der Waals surface area contributed by atoms with Crippen molar-refractivity contribution in [1.29, 1.82) is 0 Å². The first-order valence-corrected chi connectivity index (χ1v) is 9.44. The zero-order valence-electron chi connectivity index (χ0n) is 17.0. The van der Waals surface area contributed by atoms with Crippen molar-refractivity contribution in [2.24, 2.45) is 0 Å². The highest BCUT2D eigenvalue weighted by Crippen LogP contribution is 2.29. The Hall–Kier alpha value is -3.57. The molecule has 0 saturated carbocycles. The largest absolute Gasteiger partial charge is 0.475 e. The van der Waals surface area contributed by atoms with Crippen LogP contribution in [0, 0.1) is 11.6 Å². The standard InChI is InChI=1S/C20H18F5N5O2/c1-3-29(12(2)11-32-18-5-4-13(10-26-18)20(23,24)25)19(31)14-8-15(21)16(22)9-17(14)30-27-6-7-28-30/h4-10,12H,3,11H2,1-2H3/t12-/m0/s1. The van der Waals surface area contributed by atoms with Gasteiger partial charge in [0.1, 0.15) is 12.3 Å². The van der Waals surface area contributed by atoms with Gasteiger partial charge in [-0.2, -0.15) is 28.2 Å². The molecule has 0 unspecified atom stereocenters. The summed E-state index contributed by atoms with van der Waals surface area (Å²) in [5, 5.41) is 7.73. The molecule has 32 heavy (non-hydrogen) atoms. The van der Waals surface area contributed by atoms with Crippen LogP contribution >= 0.6 is 0 Å². The Morgan fingerprint density at radius 1 is 1.16 bits per heavy atom. The van der Waals surface area contributed by atoms with Gasteiger partial charge >= 0.3 is 6.18 Å². The first-order valence-electron chi connectivity index (χ1n) is 9.44. The first-order chi connectivity index (χ1) is 15.1. The predicted octanol–water partition coefficient (Wildman–Crippen LogP) is 3.89. The van der Waals surface area contributed by atoms with E-state index < -0.39 is 35.3 Å². The Kier molecular flexibility index (Phi) is 6.70. The Labute approximate surface area is 179 Å². The number of carbonyl (C=O) groups excluding carboxylic acids is 1. The fraction of sp³-hybridized carbons (Fsp3) is 0.300. The molecule has 3 rings (SSSR count). The van der Waals surface area contributed by atoms with Crippen LogP contribution in [0.1, 0.15) is 29.8 Å². The number of aromatic nitrogens is 4. The van der Waals surface area contributed by atoms with Crippen molar-refractivity contribution >= 4 is 5.91 Å². The third-order valence-electron chi connectivity index (χ3n) is 4.57. The molecule has 0 saturated heterocycles. The van der Waals surface area contributed by atoms with E-state index in [0.29, 0.717) is 6.20 Å². The summed E-state index contributed by atoms with van der Waals surface area (Å²) >= 11 is 0. The van der Waals surface area contributed by atoms with E-state index in [1.807, 2.05) is 0 Å². The van der Waals surface area contributed by atoms with Gasteiger partial charge in [0.15, 0.2) is 11.6 Å². The zero-order valence-corrected chi connectivity index (χ0v) is 17.0. The number of benzene rings is 1. The molecule has 0 N–H and O–H groups in total. The van der Waals surface area contributed by atoms with Crippen LogP contribution in [0.4, 0.5) is 22.0 Å². The van der Waals surface area contributed by atoms with Crippen molar-refractivity contribution in [2.45, 2.75) is 26.1 Å². The summed E-state index contributed by atoms with van der Waals surface area (Å²) in [6.07, 6.45) is -1.23. The third kappa shape index (κ3) is 5.01. The zero-order chi connectivity index (χ0) is 23.5. The average molecular weight is 455 g/mol. The Morgan fingerprint density at radius 3 is 2.38 bits per heavy atom. The minimum absolute atomic E-state index is 0.0464. The maximum absolute atomic E-state index is 13.9. The average Bonchev–Trinajstić information content (AvgIpc) is 3.28. The topological polar surface area (TPSA) is 73.1 Å². The minimum Gasteiger partial charge on any atom is -0.475 e. The number of nitrogens with zero attached hydrogens (tertiary/aromatic N) is 5. The Bertz CT molecular complexity index is 1070. The van der Waals surface area contributed by atoms with E-state index in [1.54, 1.807) is 13.8 Å². The Balaban J connectivity index is 1.78. The minimum atomic E-state index is -4.52. The number of ether oxygens (including phenoxy) is 1. The molecular weight excluding hydrogens is 437 g/mol. The van der Waals surface area contributed by atoms with Gasteiger partial charge in [-0.1, -0.05) is 0 Å². The number of amides is 1. The van der Waals surface area contributed by atoms with E-state index in [4.69, 9.17) is 4.74 Å². The number of halogens is 5. The molecule has 0 aliphatic rings. The number of rotatable bonds is 7. The number of carbonyl (C=O) groups is 1. The number of likely N-dealkylation sites (N-methyl/N-ethyl adjacent to an activating group) is 1. The number of hydrogen-bond donors (Lipinski definition) is 0. The molecule has 3 aromatic rings. The van der Waals surface area contributed by atoms with Crippen LogP contribution in [0.5, 0.6) is 5.88 Å². The molecule has 0 radical (unpaired) electrons. The fourth-order valence-corrected chi connectivity index (χ4v) is 2.95. The van der Waals surface area contributed by atoms with E-state index >= 15 is 0 Å². The maximum atomic E-state index is 13.9. The van der Waals surface area contributed by atoms with Crippen LogP contribution in [0.25, 0.3) is 5.69 Å². The molecule has 1 amide bonds. The van der Waals surface area contributed by atoms with Crippen molar-refractivity contribution in [3.63, 3.8) is 0 Å². The van der Waals surface area contributed by atoms with Gasteiger partial charge in [0.25, 0.3) is 5.91 Å². The first kappa shape index (κ1) is 23.1. The van der Waals surface area contributed by atoms with Gasteiger partial charge in [-0.3, -0.25) is 4.79 Å². The van der Waals surface area contributed by atoms with Gasteiger partial charge in [0.2, 0.25) is 5.88 Å². The highest BCUT2D eigenvalue weighted by Gasteiger charge is 2.31. The van der Waals surface area contributed by atoms with E-state index in [1.165, 1.54) is 17.3 Å². The number of hydrogen-bond acceptors (Lipinski definition) is 5. The van der Waals surface area contributed by atoms with Gasteiger partial charge in [-0.05, 0) is 26.0 Å². The van der Waals surface area contributed by atoms with Crippen LogP contribution < -0.4 is 4.74 Å². The molecule has 0 aliphatic heterocycles. The SMILES string of the molecule is CCN(C(=O)c1cc(F)c(F)cc1-n1nccn1)[C@@H](C)COc1ccc(C(F)(F)F)cn1. The molecule has 1 atom stereocenters. The summed E-state index contributed by atoms with van der Waals surface area (Å²) in [7, 11) is 0. The summed E-state index contributed by atoms with van der Waals surface area (Å²) in [6, 6.07) is 2.92.